The van der Waals surface area contributed by atoms with Crippen molar-refractivity contribution < 1.29 is 14.3 Å². The van der Waals surface area contributed by atoms with Crippen molar-refractivity contribution in [1.82, 2.24) is 9.88 Å². The highest BCUT2D eigenvalue weighted by atomic mass is 16.5. The Kier molecular flexibility index (Phi) is 5.86. The molecular weight excluding hydrogens is 378 g/mol. The second-order valence-electron chi connectivity index (χ2n) is 7.25. The summed E-state index contributed by atoms with van der Waals surface area (Å²) in [5.74, 6) is -0.393. The molecule has 1 aliphatic heterocycles. The lowest BCUT2D eigenvalue weighted by Gasteiger charge is -2.33. The summed E-state index contributed by atoms with van der Waals surface area (Å²) >= 11 is 0. The predicted molar refractivity (Wildman–Crippen MR) is 114 cm³/mol. The monoisotopic (exact) mass is 401 g/mol. The maximum atomic E-state index is 12.7. The Hall–Kier alpha value is -3.51. The molecule has 0 saturated carbocycles. The first-order valence-electron chi connectivity index (χ1n) is 9.90. The van der Waals surface area contributed by atoms with E-state index in [2.05, 4.69) is 0 Å². The molecular formula is C24H23N3O3. The van der Waals surface area contributed by atoms with Gasteiger partial charge in [-0.3, -0.25) is 9.59 Å². The number of rotatable bonds is 5. The van der Waals surface area contributed by atoms with Gasteiger partial charge in [0.15, 0.2) is 0 Å². The average molecular weight is 401 g/mol. The van der Waals surface area contributed by atoms with Crippen molar-refractivity contribution in [3.05, 3.63) is 89.6 Å². The highest BCUT2D eigenvalue weighted by Crippen LogP contribution is 2.25. The summed E-state index contributed by atoms with van der Waals surface area (Å²) in [5.41, 5.74) is 9.12. The minimum absolute atomic E-state index is 0.0832. The van der Waals surface area contributed by atoms with Crippen LogP contribution in [0.25, 0.3) is 11.3 Å². The van der Waals surface area contributed by atoms with Crippen LogP contribution < -0.4 is 5.73 Å². The largest absolute Gasteiger partial charge is 0.368 e. The molecule has 1 aromatic heterocycles. The van der Waals surface area contributed by atoms with Gasteiger partial charge in [-0.1, -0.05) is 48.5 Å². The molecule has 1 atom stereocenters. The molecule has 152 valence electrons. The van der Waals surface area contributed by atoms with Crippen LogP contribution in [-0.4, -0.2) is 41.4 Å². The van der Waals surface area contributed by atoms with E-state index >= 15 is 0 Å². The van der Waals surface area contributed by atoms with Crippen LogP contribution in [0.1, 0.15) is 27.7 Å². The fraction of sp³-hybridized carbons (Fsp3) is 0.208. The summed E-state index contributed by atoms with van der Waals surface area (Å²) in [7, 11) is 0. The maximum Gasteiger partial charge on any atom is 0.248 e. The van der Waals surface area contributed by atoms with Gasteiger partial charge in [0.2, 0.25) is 11.8 Å². The van der Waals surface area contributed by atoms with Crippen LogP contribution in [0.15, 0.2) is 72.8 Å². The quantitative estimate of drug-likeness (QED) is 0.712. The number of hydrogen-bond donors (Lipinski definition) is 1. The van der Waals surface area contributed by atoms with Crippen molar-refractivity contribution in [3.8, 4) is 11.3 Å². The number of ether oxygens (including phenoxy) is 1. The van der Waals surface area contributed by atoms with Crippen molar-refractivity contribution in [1.29, 1.82) is 0 Å². The van der Waals surface area contributed by atoms with E-state index in [1.54, 1.807) is 18.2 Å². The summed E-state index contributed by atoms with van der Waals surface area (Å²) in [5, 5.41) is 0. The fourth-order valence-corrected chi connectivity index (χ4v) is 3.56. The van der Waals surface area contributed by atoms with Gasteiger partial charge in [0, 0.05) is 17.7 Å². The molecule has 1 aliphatic rings. The Morgan fingerprint density at radius 2 is 1.83 bits per heavy atom. The summed E-state index contributed by atoms with van der Waals surface area (Å²) in [4.78, 5) is 30.8. The van der Waals surface area contributed by atoms with Crippen molar-refractivity contribution >= 4 is 11.8 Å². The van der Waals surface area contributed by atoms with Gasteiger partial charge in [-0.2, -0.15) is 0 Å². The number of nitrogens with two attached hydrogens (primary N) is 1. The SMILES string of the molecule is NC(=O)c1cccc(-c2cccc([C@@H]3CN(C(=O)Cc4ccccc4)CCO3)n2)c1. The van der Waals surface area contributed by atoms with Crippen molar-refractivity contribution in [2.75, 3.05) is 19.7 Å². The van der Waals surface area contributed by atoms with Crippen LogP contribution in [0.3, 0.4) is 0 Å². The van der Waals surface area contributed by atoms with E-state index in [0.717, 1.165) is 22.5 Å². The lowest BCUT2D eigenvalue weighted by atomic mass is 10.1. The third-order valence-electron chi connectivity index (χ3n) is 5.16. The van der Waals surface area contributed by atoms with E-state index in [1.807, 2.05) is 59.5 Å². The summed E-state index contributed by atoms with van der Waals surface area (Å²) in [6.45, 7) is 1.50. The van der Waals surface area contributed by atoms with Crippen LogP contribution in [0.4, 0.5) is 0 Å². The van der Waals surface area contributed by atoms with Crippen molar-refractivity contribution in [2.45, 2.75) is 12.5 Å². The van der Waals surface area contributed by atoms with Gasteiger partial charge in [-0.15, -0.1) is 0 Å². The lowest BCUT2D eigenvalue weighted by molar-refractivity contribution is -0.138. The minimum Gasteiger partial charge on any atom is -0.368 e. The molecule has 2 N–H and O–H groups in total. The van der Waals surface area contributed by atoms with E-state index in [1.165, 1.54) is 0 Å². The molecule has 1 fully saturated rings. The summed E-state index contributed by atoms with van der Waals surface area (Å²) in [6.07, 6.45) is 0.0822. The normalized spacial score (nSPS) is 16.3. The van der Waals surface area contributed by atoms with Gasteiger partial charge in [0.25, 0.3) is 0 Å². The molecule has 6 nitrogen and oxygen atoms in total. The Bertz CT molecular complexity index is 1050. The number of benzene rings is 2. The third-order valence-corrected chi connectivity index (χ3v) is 5.16. The highest BCUT2D eigenvalue weighted by Gasteiger charge is 2.26. The number of carbonyl (C=O) groups excluding carboxylic acids is 2. The lowest BCUT2D eigenvalue weighted by Crippen LogP contribution is -2.43. The Labute approximate surface area is 175 Å². The van der Waals surface area contributed by atoms with Crippen molar-refractivity contribution in [2.24, 2.45) is 5.73 Å². The Balaban J connectivity index is 1.50. The van der Waals surface area contributed by atoms with E-state index in [9.17, 15) is 9.59 Å². The van der Waals surface area contributed by atoms with Gasteiger partial charge in [-0.05, 0) is 29.8 Å². The third kappa shape index (κ3) is 4.55. The molecule has 1 saturated heterocycles. The van der Waals surface area contributed by atoms with Gasteiger partial charge in [-0.25, -0.2) is 4.98 Å². The molecule has 0 aliphatic carbocycles. The number of hydrogen-bond acceptors (Lipinski definition) is 4. The zero-order chi connectivity index (χ0) is 20.9. The van der Waals surface area contributed by atoms with Gasteiger partial charge < -0.3 is 15.4 Å². The summed E-state index contributed by atoms with van der Waals surface area (Å²) in [6, 6.07) is 22.5. The van der Waals surface area contributed by atoms with E-state index in [0.29, 0.717) is 31.7 Å². The van der Waals surface area contributed by atoms with E-state index < -0.39 is 5.91 Å². The Morgan fingerprint density at radius 1 is 1.03 bits per heavy atom. The number of amides is 2. The number of nitrogens with zero attached hydrogens (tertiary/aromatic N) is 2. The number of aromatic nitrogens is 1. The molecule has 0 spiro atoms. The standard InChI is InChI=1S/C24H23N3O3/c25-24(29)19-9-4-8-18(15-19)20-10-5-11-21(26-20)22-16-27(12-13-30-22)23(28)14-17-6-2-1-3-7-17/h1-11,15,22H,12-14,16H2,(H2,25,29)/t22-/m0/s1. The number of primary amides is 1. The second kappa shape index (κ2) is 8.88. The first kappa shape index (κ1) is 19.8. The second-order valence-corrected chi connectivity index (χ2v) is 7.25. The van der Waals surface area contributed by atoms with Crippen LogP contribution >= 0.6 is 0 Å². The average Bonchev–Trinajstić information content (AvgIpc) is 2.80. The Morgan fingerprint density at radius 3 is 2.63 bits per heavy atom. The van der Waals surface area contributed by atoms with Gasteiger partial charge in [0.05, 0.1) is 31.0 Å². The molecule has 0 bridgehead atoms. The zero-order valence-electron chi connectivity index (χ0n) is 16.5. The smallest absolute Gasteiger partial charge is 0.248 e. The van der Waals surface area contributed by atoms with Crippen molar-refractivity contribution in [3.63, 3.8) is 0 Å². The fourth-order valence-electron chi connectivity index (χ4n) is 3.56. The molecule has 2 aromatic carbocycles. The highest BCUT2D eigenvalue weighted by molar-refractivity contribution is 5.94. The maximum absolute atomic E-state index is 12.7. The number of morpholine rings is 1. The van der Waals surface area contributed by atoms with Gasteiger partial charge >= 0.3 is 0 Å². The zero-order valence-corrected chi connectivity index (χ0v) is 16.5. The molecule has 0 radical (unpaired) electrons. The number of carbonyl (C=O) groups is 2. The molecule has 30 heavy (non-hydrogen) atoms. The molecule has 6 heteroatoms. The minimum atomic E-state index is -0.476. The van der Waals surface area contributed by atoms with Crippen LogP contribution in [0, 0.1) is 0 Å². The van der Waals surface area contributed by atoms with E-state index in [4.69, 9.17) is 15.5 Å². The first-order valence-corrected chi connectivity index (χ1v) is 9.90. The van der Waals surface area contributed by atoms with Crippen LogP contribution in [0.5, 0.6) is 0 Å². The van der Waals surface area contributed by atoms with E-state index in [-0.39, 0.29) is 12.0 Å². The number of pyridine rings is 1. The van der Waals surface area contributed by atoms with Crippen LogP contribution in [-0.2, 0) is 16.0 Å². The predicted octanol–water partition coefficient (Wildman–Crippen LogP) is 2.99. The topological polar surface area (TPSA) is 85.5 Å². The van der Waals surface area contributed by atoms with Gasteiger partial charge in [0.1, 0.15) is 6.10 Å². The summed E-state index contributed by atoms with van der Waals surface area (Å²) < 4.78 is 5.92. The van der Waals surface area contributed by atoms with Crippen LogP contribution in [0.2, 0.25) is 0 Å². The molecule has 0 unspecified atom stereocenters. The molecule has 4 rings (SSSR count). The first-order chi connectivity index (χ1) is 14.6. The molecule has 2 heterocycles. The molecule has 3 aromatic rings. The molecule has 2 amide bonds.